The molecule has 0 aliphatic carbocycles. The monoisotopic (exact) mass is 278 g/mol. The smallest absolute Gasteiger partial charge is 0.355 e. The molecule has 0 aliphatic rings. The molecule has 2 rings (SSSR count). The normalized spacial score (nSPS) is 9.95. The van der Waals surface area contributed by atoms with Crippen molar-refractivity contribution in [3.05, 3.63) is 40.9 Å². The number of carbonyl (C=O) groups is 2. The van der Waals surface area contributed by atoms with Gasteiger partial charge in [-0.1, -0.05) is 0 Å². The number of nitrogens with zero attached hydrogens (tertiary/aromatic N) is 1. The highest BCUT2D eigenvalue weighted by molar-refractivity contribution is 7.14. The number of benzene rings is 1. The number of hydrogen-bond acceptors (Lipinski definition) is 6. The number of esters is 1. The Morgan fingerprint density at radius 1 is 1.32 bits per heavy atom. The van der Waals surface area contributed by atoms with E-state index in [4.69, 9.17) is 5.11 Å². The Kier molecular flexibility index (Phi) is 3.76. The van der Waals surface area contributed by atoms with Gasteiger partial charge >= 0.3 is 11.9 Å². The van der Waals surface area contributed by atoms with Crippen LogP contribution in [0.2, 0.25) is 0 Å². The van der Waals surface area contributed by atoms with Crippen LogP contribution in [-0.2, 0) is 4.74 Å². The molecule has 0 saturated heterocycles. The molecule has 7 heteroatoms. The van der Waals surface area contributed by atoms with E-state index in [1.807, 2.05) is 0 Å². The molecule has 0 fully saturated rings. The van der Waals surface area contributed by atoms with Gasteiger partial charge in [0.05, 0.1) is 12.7 Å². The van der Waals surface area contributed by atoms with Gasteiger partial charge < -0.3 is 15.2 Å². The van der Waals surface area contributed by atoms with E-state index < -0.39 is 11.9 Å². The number of nitrogens with one attached hydrogen (secondary N) is 1. The number of hydrogen-bond donors (Lipinski definition) is 2. The van der Waals surface area contributed by atoms with E-state index >= 15 is 0 Å². The molecule has 0 aliphatic heterocycles. The molecule has 1 aromatic carbocycles. The fraction of sp³-hybridized carbons (Fsp3) is 0.0833. The highest BCUT2D eigenvalue weighted by atomic mass is 32.1. The Morgan fingerprint density at radius 2 is 2.00 bits per heavy atom. The van der Waals surface area contributed by atoms with Crippen molar-refractivity contribution in [2.45, 2.75) is 0 Å². The number of thiazole rings is 1. The molecular formula is C12H10N2O4S. The molecule has 1 aromatic heterocycles. The highest BCUT2D eigenvalue weighted by Gasteiger charge is 2.09. The van der Waals surface area contributed by atoms with Gasteiger partial charge in [-0.25, -0.2) is 14.6 Å². The summed E-state index contributed by atoms with van der Waals surface area (Å²) in [5, 5.41) is 13.6. The van der Waals surface area contributed by atoms with Crippen LogP contribution < -0.4 is 5.32 Å². The molecule has 19 heavy (non-hydrogen) atoms. The summed E-state index contributed by atoms with van der Waals surface area (Å²) >= 11 is 1.19. The fourth-order valence-corrected chi connectivity index (χ4v) is 2.06. The van der Waals surface area contributed by atoms with Crippen molar-refractivity contribution in [1.29, 1.82) is 0 Å². The van der Waals surface area contributed by atoms with E-state index in [1.165, 1.54) is 23.8 Å². The van der Waals surface area contributed by atoms with E-state index in [0.717, 1.165) is 0 Å². The number of carboxylic acid groups (broad SMARTS) is 1. The van der Waals surface area contributed by atoms with Crippen LogP contribution in [0.1, 0.15) is 20.8 Å². The number of aromatic carboxylic acids is 1. The summed E-state index contributed by atoms with van der Waals surface area (Å²) in [5.41, 5.74) is 1.15. The second kappa shape index (κ2) is 5.49. The molecule has 0 unspecified atom stereocenters. The molecule has 0 saturated carbocycles. The van der Waals surface area contributed by atoms with Gasteiger partial charge in [-0.05, 0) is 24.3 Å². The Labute approximate surface area is 112 Å². The summed E-state index contributed by atoms with van der Waals surface area (Å²) in [7, 11) is 1.32. The molecule has 6 nitrogen and oxygen atoms in total. The van der Waals surface area contributed by atoms with Crippen LogP contribution >= 0.6 is 11.3 Å². The van der Waals surface area contributed by atoms with Gasteiger partial charge in [0.25, 0.3) is 0 Å². The lowest BCUT2D eigenvalue weighted by molar-refractivity contribution is 0.0599. The molecule has 1 heterocycles. The Morgan fingerprint density at radius 3 is 2.53 bits per heavy atom. The van der Waals surface area contributed by atoms with Crippen LogP contribution in [0, 0.1) is 0 Å². The van der Waals surface area contributed by atoms with Crippen LogP contribution in [0.25, 0.3) is 0 Å². The van der Waals surface area contributed by atoms with Crippen molar-refractivity contribution in [1.82, 2.24) is 4.98 Å². The molecule has 2 N–H and O–H groups in total. The van der Waals surface area contributed by atoms with E-state index in [-0.39, 0.29) is 5.69 Å². The topological polar surface area (TPSA) is 88.5 Å². The third-order valence-electron chi connectivity index (χ3n) is 2.28. The quantitative estimate of drug-likeness (QED) is 0.835. The van der Waals surface area contributed by atoms with Crippen LogP contribution in [0.4, 0.5) is 10.8 Å². The number of carbonyl (C=O) groups excluding carboxylic acids is 1. The molecule has 98 valence electrons. The minimum Gasteiger partial charge on any atom is -0.476 e. The van der Waals surface area contributed by atoms with E-state index in [1.54, 1.807) is 24.3 Å². The van der Waals surface area contributed by atoms with E-state index in [0.29, 0.717) is 16.4 Å². The minimum atomic E-state index is -1.06. The zero-order chi connectivity index (χ0) is 13.8. The first-order valence-corrected chi connectivity index (χ1v) is 6.12. The van der Waals surface area contributed by atoms with Crippen molar-refractivity contribution in [3.8, 4) is 0 Å². The minimum absolute atomic E-state index is 0.00122. The third-order valence-corrected chi connectivity index (χ3v) is 3.04. The number of rotatable bonds is 4. The maximum atomic E-state index is 11.2. The second-order valence-corrected chi connectivity index (χ2v) is 4.40. The molecule has 0 bridgehead atoms. The number of ether oxygens (including phenoxy) is 1. The summed E-state index contributed by atoms with van der Waals surface area (Å²) in [5.74, 6) is -1.47. The summed E-state index contributed by atoms with van der Waals surface area (Å²) in [6.07, 6.45) is 0. The van der Waals surface area contributed by atoms with Gasteiger partial charge in [0.2, 0.25) is 0 Å². The lowest BCUT2D eigenvalue weighted by Gasteiger charge is -2.03. The Hall–Kier alpha value is -2.41. The van der Waals surface area contributed by atoms with Gasteiger partial charge in [-0.3, -0.25) is 0 Å². The van der Waals surface area contributed by atoms with Crippen molar-refractivity contribution in [2.75, 3.05) is 12.4 Å². The lowest BCUT2D eigenvalue weighted by atomic mass is 10.2. The summed E-state index contributed by atoms with van der Waals surface area (Å²) < 4.78 is 4.59. The Bertz CT molecular complexity index is 606. The highest BCUT2D eigenvalue weighted by Crippen LogP contribution is 2.21. The second-order valence-electron chi connectivity index (χ2n) is 3.54. The van der Waals surface area contributed by atoms with Crippen molar-refractivity contribution in [3.63, 3.8) is 0 Å². The predicted octanol–water partition coefficient (Wildman–Crippen LogP) is 2.37. The van der Waals surface area contributed by atoms with Crippen molar-refractivity contribution in [2.24, 2.45) is 0 Å². The van der Waals surface area contributed by atoms with Crippen LogP contribution in [0.15, 0.2) is 29.6 Å². The number of carboxylic acids is 1. The largest absolute Gasteiger partial charge is 0.476 e. The molecule has 0 atom stereocenters. The maximum Gasteiger partial charge on any atom is 0.355 e. The van der Waals surface area contributed by atoms with Gasteiger partial charge in [0.1, 0.15) is 0 Å². The third kappa shape index (κ3) is 3.08. The summed E-state index contributed by atoms with van der Waals surface area (Å²) in [6.45, 7) is 0. The first-order chi connectivity index (χ1) is 9.10. The molecule has 0 spiro atoms. The average molecular weight is 278 g/mol. The fourth-order valence-electron chi connectivity index (χ4n) is 1.36. The van der Waals surface area contributed by atoms with E-state index in [9.17, 15) is 9.59 Å². The van der Waals surface area contributed by atoms with Crippen LogP contribution in [0.5, 0.6) is 0 Å². The van der Waals surface area contributed by atoms with Crippen LogP contribution in [0.3, 0.4) is 0 Å². The maximum absolute atomic E-state index is 11.2. The Balaban J connectivity index is 2.10. The summed E-state index contributed by atoms with van der Waals surface area (Å²) in [4.78, 5) is 25.8. The van der Waals surface area contributed by atoms with E-state index in [2.05, 4.69) is 15.0 Å². The molecule has 0 amide bonds. The zero-order valence-corrected chi connectivity index (χ0v) is 10.7. The van der Waals surface area contributed by atoms with Gasteiger partial charge in [0, 0.05) is 11.1 Å². The zero-order valence-electron chi connectivity index (χ0n) is 9.91. The molecule has 0 radical (unpaired) electrons. The molecular weight excluding hydrogens is 268 g/mol. The SMILES string of the molecule is COC(=O)c1ccc(Nc2nc(C(=O)O)cs2)cc1. The predicted molar refractivity (Wildman–Crippen MR) is 70.1 cm³/mol. The van der Waals surface area contributed by atoms with Crippen molar-refractivity contribution >= 4 is 34.1 Å². The van der Waals surface area contributed by atoms with Crippen LogP contribution in [-0.4, -0.2) is 29.1 Å². The molecule has 2 aromatic rings. The first-order valence-electron chi connectivity index (χ1n) is 5.24. The van der Waals surface area contributed by atoms with Gasteiger partial charge in [0.15, 0.2) is 10.8 Å². The lowest BCUT2D eigenvalue weighted by Crippen LogP contribution is -2.01. The van der Waals surface area contributed by atoms with Gasteiger partial charge in [-0.15, -0.1) is 11.3 Å². The van der Waals surface area contributed by atoms with Crippen molar-refractivity contribution < 1.29 is 19.4 Å². The van der Waals surface area contributed by atoms with Gasteiger partial charge in [-0.2, -0.15) is 0 Å². The average Bonchev–Trinajstić information content (AvgIpc) is 2.87. The number of anilines is 2. The number of aromatic nitrogens is 1. The first kappa shape index (κ1) is 13.0. The standard InChI is InChI=1S/C12H10N2O4S/c1-18-11(17)7-2-4-8(5-3-7)13-12-14-9(6-19-12)10(15)16/h2-6H,1H3,(H,13,14)(H,15,16). The summed E-state index contributed by atoms with van der Waals surface area (Å²) in [6, 6.07) is 6.60. The number of methoxy groups -OCH3 is 1.